The van der Waals surface area contributed by atoms with E-state index in [4.69, 9.17) is 4.74 Å². The average Bonchev–Trinajstić information content (AvgIpc) is 3.52. The van der Waals surface area contributed by atoms with Crippen LogP contribution in [-0.4, -0.2) is 41.2 Å². The van der Waals surface area contributed by atoms with E-state index in [1.54, 1.807) is 17.5 Å². The summed E-state index contributed by atoms with van der Waals surface area (Å²) in [6, 6.07) is 21.4. The summed E-state index contributed by atoms with van der Waals surface area (Å²) in [4.78, 5) is 12.3. The molecule has 2 aromatic carbocycles. The molecule has 0 saturated carbocycles. The minimum Gasteiger partial charge on any atom is -0.379 e. The molecular formula is C27H23N5OS. The molecule has 1 fully saturated rings. The van der Waals surface area contributed by atoms with Crippen LogP contribution in [0.25, 0.3) is 31.6 Å². The average molecular weight is 466 g/mol. The summed E-state index contributed by atoms with van der Waals surface area (Å²) in [5, 5.41) is 15.3. The maximum Gasteiger partial charge on any atom is 0.126 e. The molecule has 1 saturated heterocycles. The largest absolute Gasteiger partial charge is 0.379 e. The van der Waals surface area contributed by atoms with Crippen LogP contribution in [-0.2, 0) is 11.3 Å². The first-order valence-corrected chi connectivity index (χ1v) is 12.1. The highest BCUT2D eigenvalue weighted by atomic mass is 32.1. The lowest BCUT2D eigenvalue weighted by atomic mass is 10.1. The fourth-order valence-electron chi connectivity index (χ4n) is 4.42. The minimum absolute atomic E-state index is 0.534. The fourth-order valence-corrected chi connectivity index (χ4v) is 5.43. The van der Waals surface area contributed by atoms with Gasteiger partial charge in [-0.05, 0) is 41.5 Å². The number of hydrogen-bond acceptors (Lipinski definition) is 6. The van der Waals surface area contributed by atoms with Gasteiger partial charge in [-0.15, -0.1) is 11.3 Å². The van der Waals surface area contributed by atoms with Crippen LogP contribution < -0.4 is 5.32 Å². The van der Waals surface area contributed by atoms with Crippen LogP contribution in [0.2, 0.25) is 0 Å². The molecule has 0 spiro atoms. The number of pyridine rings is 1. The third-order valence-electron chi connectivity index (χ3n) is 6.25. The van der Waals surface area contributed by atoms with Gasteiger partial charge in [0.1, 0.15) is 10.9 Å². The molecule has 4 heterocycles. The quantitative estimate of drug-likeness (QED) is 0.338. The predicted octanol–water partition coefficient (Wildman–Crippen LogP) is 5.89. The number of hydrogen-bond donors (Lipinski definition) is 2. The zero-order valence-electron chi connectivity index (χ0n) is 18.5. The van der Waals surface area contributed by atoms with E-state index in [9.17, 15) is 5.26 Å². The SMILES string of the molecule is N#Cc1cnc2sc(-c3ccc(CN4CCOCC4)cc3)cc2c1Nc1ccc2[nH]ccc2c1. The van der Waals surface area contributed by atoms with Gasteiger partial charge in [-0.2, -0.15) is 5.26 Å². The van der Waals surface area contributed by atoms with Crippen molar-refractivity contribution in [1.82, 2.24) is 14.9 Å². The number of nitriles is 1. The summed E-state index contributed by atoms with van der Waals surface area (Å²) < 4.78 is 5.45. The van der Waals surface area contributed by atoms with E-state index in [1.807, 2.05) is 24.4 Å². The molecule has 3 aromatic heterocycles. The van der Waals surface area contributed by atoms with Gasteiger partial charge >= 0.3 is 0 Å². The highest BCUT2D eigenvalue weighted by Gasteiger charge is 2.15. The second kappa shape index (κ2) is 8.92. The van der Waals surface area contributed by atoms with Crippen LogP contribution in [0.1, 0.15) is 11.1 Å². The Morgan fingerprint density at radius 1 is 1.09 bits per heavy atom. The summed E-state index contributed by atoms with van der Waals surface area (Å²) in [7, 11) is 0. The first-order valence-electron chi connectivity index (χ1n) is 11.3. The Labute approximate surface area is 201 Å². The number of anilines is 2. The van der Waals surface area contributed by atoms with Crippen LogP contribution in [0, 0.1) is 11.3 Å². The van der Waals surface area contributed by atoms with Crippen LogP contribution in [0.15, 0.2) is 67.0 Å². The molecule has 0 radical (unpaired) electrons. The zero-order chi connectivity index (χ0) is 22.9. The molecule has 0 atom stereocenters. The number of ether oxygens (including phenoxy) is 1. The number of H-pyrrole nitrogens is 1. The van der Waals surface area contributed by atoms with Crippen molar-refractivity contribution in [3.8, 4) is 16.5 Å². The van der Waals surface area contributed by atoms with E-state index in [-0.39, 0.29) is 0 Å². The van der Waals surface area contributed by atoms with Gasteiger partial charge in [0.2, 0.25) is 0 Å². The van der Waals surface area contributed by atoms with Gasteiger partial charge in [0, 0.05) is 58.9 Å². The Morgan fingerprint density at radius 2 is 1.94 bits per heavy atom. The third kappa shape index (κ3) is 4.03. The second-order valence-electron chi connectivity index (χ2n) is 8.48. The van der Waals surface area contributed by atoms with Crippen LogP contribution >= 0.6 is 11.3 Å². The second-order valence-corrected chi connectivity index (χ2v) is 9.51. The molecule has 34 heavy (non-hydrogen) atoms. The van der Waals surface area contributed by atoms with Crippen LogP contribution in [0.3, 0.4) is 0 Å². The molecule has 0 aliphatic carbocycles. The summed E-state index contributed by atoms with van der Waals surface area (Å²) in [5.74, 6) is 0. The topological polar surface area (TPSA) is 77.0 Å². The summed E-state index contributed by atoms with van der Waals surface area (Å²) in [6.45, 7) is 4.54. The summed E-state index contributed by atoms with van der Waals surface area (Å²) >= 11 is 1.65. The van der Waals surface area contributed by atoms with Crippen molar-refractivity contribution in [1.29, 1.82) is 5.26 Å². The Bertz CT molecular complexity index is 1510. The molecule has 5 aromatic rings. The highest BCUT2D eigenvalue weighted by Crippen LogP contribution is 2.38. The predicted molar refractivity (Wildman–Crippen MR) is 137 cm³/mol. The molecule has 1 aliphatic heterocycles. The highest BCUT2D eigenvalue weighted by molar-refractivity contribution is 7.21. The first-order chi connectivity index (χ1) is 16.8. The van der Waals surface area contributed by atoms with Gasteiger partial charge in [-0.25, -0.2) is 4.98 Å². The van der Waals surface area contributed by atoms with Gasteiger partial charge in [0.05, 0.1) is 24.5 Å². The maximum atomic E-state index is 9.74. The van der Waals surface area contributed by atoms with Gasteiger partial charge < -0.3 is 15.0 Å². The molecular weight excluding hydrogens is 442 g/mol. The lowest BCUT2D eigenvalue weighted by Gasteiger charge is -2.26. The Balaban J connectivity index is 1.31. The monoisotopic (exact) mass is 465 g/mol. The van der Waals surface area contributed by atoms with Crippen LogP contribution in [0.4, 0.5) is 11.4 Å². The lowest BCUT2D eigenvalue weighted by molar-refractivity contribution is 0.0342. The van der Waals surface area contributed by atoms with E-state index >= 15 is 0 Å². The van der Waals surface area contributed by atoms with Crippen molar-refractivity contribution in [2.45, 2.75) is 6.54 Å². The molecule has 6 rings (SSSR count). The Morgan fingerprint density at radius 3 is 2.76 bits per heavy atom. The Kier molecular flexibility index (Phi) is 5.47. The molecule has 2 N–H and O–H groups in total. The van der Waals surface area contributed by atoms with Crippen molar-refractivity contribution >= 4 is 43.8 Å². The zero-order valence-corrected chi connectivity index (χ0v) is 19.4. The van der Waals surface area contributed by atoms with Crippen molar-refractivity contribution in [2.75, 3.05) is 31.6 Å². The molecule has 7 heteroatoms. The van der Waals surface area contributed by atoms with E-state index in [0.717, 1.165) is 75.8 Å². The maximum absolute atomic E-state index is 9.74. The molecule has 6 nitrogen and oxygen atoms in total. The van der Waals surface area contributed by atoms with Crippen molar-refractivity contribution in [3.05, 3.63) is 78.1 Å². The van der Waals surface area contributed by atoms with Gasteiger partial charge in [0.15, 0.2) is 0 Å². The van der Waals surface area contributed by atoms with Crippen LogP contribution in [0.5, 0.6) is 0 Å². The number of aromatic amines is 1. The van der Waals surface area contributed by atoms with Gasteiger partial charge in [-0.3, -0.25) is 4.90 Å². The number of benzene rings is 2. The van der Waals surface area contributed by atoms with Gasteiger partial charge in [0.25, 0.3) is 0 Å². The van der Waals surface area contributed by atoms with E-state index in [2.05, 4.69) is 62.7 Å². The Hall–Kier alpha value is -3.70. The molecule has 0 bridgehead atoms. The first kappa shape index (κ1) is 20.9. The summed E-state index contributed by atoms with van der Waals surface area (Å²) in [5.41, 5.74) is 5.82. The standard InChI is InChI=1S/C27H23N5OS/c28-15-21-16-30-27-23(26(21)31-22-5-6-24-20(13-22)7-8-29-24)14-25(34-27)19-3-1-18(2-4-19)17-32-9-11-33-12-10-32/h1-8,13-14,16,29H,9-12,17H2,(H,30,31). The van der Waals surface area contributed by atoms with E-state index in [1.165, 1.54) is 5.56 Å². The smallest absolute Gasteiger partial charge is 0.126 e. The molecule has 1 aliphatic rings. The number of thiophene rings is 1. The number of morpholine rings is 1. The summed E-state index contributed by atoms with van der Waals surface area (Å²) in [6.07, 6.45) is 3.59. The normalized spacial score (nSPS) is 14.4. The number of aromatic nitrogens is 2. The molecule has 168 valence electrons. The third-order valence-corrected chi connectivity index (χ3v) is 7.35. The molecule has 0 unspecified atom stereocenters. The number of rotatable bonds is 5. The van der Waals surface area contributed by atoms with Crippen molar-refractivity contribution in [3.63, 3.8) is 0 Å². The minimum atomic E-state index is 0.534. The fraction of sp³-hybridized carbons (Fsp3) is 0.185. The number of nitrogens with one attached hydrogen (secondary N) is 2. The van der Waals surface area contributed by atoms with Crippen molar-refractivity contribution < 1.29 is 4.74 Å². The van der Waals surface area contributed by atoms with E-state index < -0.39 is 0 Å². The number of nitrogens with zero attached hydrogens (tertiary/aromatic N) is 3. The van der Waals surface area contributed by atoms with E-state index in [0.29, 0.717) is 5.56 Å². The van der Waals surface area contributed by atoms with Gasteiger partial charge in [-0.1, -0.05) is 24.3 Å². The lowest BCUT2D eigenvalue weighted by Crippen LogP contribution is -2.35. The number of fused-ring (bicyclic) bond motifs is 2. The molecule has 0 amide bonds. The van der Waals surface area contributed by atoms with Crippen molar-refractivity contribution in [2.24, 2.45) is 0 Å².